The van der Waals surface area contributed by atoms with Gasteiger partial charge in [-0.15, -0.1) is 0 Å². The Morgan fingerprint density at radius 2 is 1.78 bits per heavy atom. The molecule has 0 aliphatic rings. The molecule has 0 aliphatic heterocycles. The molecule has 2 rings (SSSR count). The summed E-state index contributed by atoms with van der Waals surface area (Å²) in [4.78, 5) is 0. The third-order valence-electron chi connectivity index (χ3n) is 3.16. The second-order valence-corrected chi connectivity index (χ2v) is 5.58. The number of hydrogen-bond acceptors (Lipinski definition) is 2. The van der Waals surface area contributed by atoms with Gasteiger partial charge in [-0.2, -0.15) is 0 Å². The third-order valence-corrected chi connectivity index (χ3v) is 3.38. The highest BCUT2D eigenvalue weighted by Crippen LogP contribution is 2.18. The van der Waals surface area contributed by atoms with E-state index in [1.165, 1.54) is 18.2 Å². The van der Waals surface area contributed by atoms with Gasteiger partial charge in [0.1, 0.15) is 29.7 Å². The van der Waals surface area contributed by atoms with Crippen LogP contribution in [0.3, 0.4) is 0 Å². The lowest BCUT2D eigenvalue weighted by molar-refractivity contribution is 0.285. The molecule has 2 aromatic rings. The van der Waals surface area contributed by atoms with Crippen LogP contribution in [-0.2, 0) is 0 Å². The van der Waals surface area contributed by atoms with Crippen molar-refractivity contribution in [2.45, 2.75) is 19.9 Å². The third kappa shape index (κ3) is 4.89. The van der Waals surface area contributed by atoms with Gasteiger partial charge in [-0.3, -0.25) is 0 Å². The Kier molecular flexibility index (Phi) is 5.87. The number of nitrogens with one attached hydrogen (secondary N) is 2. The van der Waals surface area contributed by atoms with Crippen molar-refractivity contribution in [3.05, 3.63) is 59.7 Å². The van der Waals surface area contributed by atoms with Gasteiger partial charge in [0.25, 0.3) is 0 Å². The van der Waals surface area contributed by atoms with Crippen LogP contribution in [0.2, 0.25) is 0 Å². The molecule has 1 atom stereocenters. The number of benzene rings is 2. The predicted octanol–water partition coefficient (Wildman–Crippen LogP) is 4.03. The van der Waals surface area contributed by atoms with Crippen LogP contribution in [0.15, 0.2) is 42.5 Å². The molecule has 0 saturated heterocycles. The minimum atomic E-state index is -0.696. The highest BCUT2D eigenvalue weighted by atomic mass is 32.1. The fraction of sp³-hybridized carbons (Fsp3) is 0.235. The molecule has 0 amide bonds. The van der Waals surface area contributed by atoms with E-state index in [4.69, 9.17) is 17.0 Å². The van der Waals surface area contributed by atoms with E-state index in [0.717, 1.165) is 11.3 Å². The van der Waals surface area contributed by atoms with Crippen LogP contribution < -0.4 is 15.4 Å². The first-order chi connectivity index (χ1) is 11.0. The molecule has 0 aromatic heterocycles. The fourth-order valence-electron chi connectivity index (χ4n) is 1.97. The fourth-order valence-corrected chi connectivity index (χ4v) is 2.27. The Morgan fingerprint density at radius 1 is 1.13 bits per heavy atom. The molecule has 0 bridgehead atoms. The largest absolute Gasteiger partial charge is 0.491 e. The van der Waals surface area contributed by atoms with Crippen molar-refractivity contribution in [2.75, 3.05) is 11.9 Å². The van der Waals surface area contributed by atoms with Gasteiger partial charge in [-0.05, 0) is 49.8 Å². The zero-order valence-corrected chi connectivity index (χ0v) is 13.7. The summed E-state index contributed by atoms with van der Waals surface area (Å²) >= 11 is 5.08. The van der Waals surface area contributed by atoms with Crippen molar-refractivity contribution < 1.29 is 13.5 Å². The number of rotatable bonds is 5. The highest BCUT2D eigenvalue weighted by molar-refractivity contribution is 7.80. The smallest absolute Gasteiger partial charge is 0.171 e. The summed E-state index contributed by atoms with van der Waals surface area (Å²) in [7, 11) is 0. The first-order valence-electron chi connectivity index (χ1n) is 7.17. The molecule has 0 spiro atoms. The van der Waals surface area contributed by atoms with Crippen LogP contribution >= 0.6 is 12.2 Å². The van der Waals surface area contributed by atoms with Gasteiger partial charge in [-0.25, -0.2) is 8.78 Å². The Bertz CT molecular complexity index is 674. The number of ether oxygens (including phenoxy) is 1. The number of anilines is 1. The van der Waals surface area contributed by atoms with Gasteiger partial charge in [-0.1, -0.05) is 24.3 Å². The SMILES string of the molecule is Cc1ccccc1OC[C@@H](C)NC(=S)Nc1c(F)cccc1F. The summed E-state index contributed by atoms with van der Waals surface area (Å²) in [6.07, 6.45) is 0. The van der Waals surface area contributed by atoms with E-state index < -0.39 is 11.6 Å². The normalized spacial score (nSPS) is 11.7. The molecule has 122 valence electrons. The minimum Gasteiger partial charge on any atom is -0.491 e. The Hall–Kier alpha value is -2.21. The van der Waals surface area contributed by atoms with Gasteiger partial charge < -0.3 is 15.4 Å². The number of aryl methyl sites for hydroxylation is 1. The van der Waals surface area contributed by atoms with Gasteiger partial charge in [0, 0.05) is 0 Å². The summed E-state index contributed by atoms with van der Waals surface area (Å²) in [5.74, 6) is -0.601. The van der Waals surface area contributed by atoms with Crippen LogP contribution in [0.25, 0.3) is 0 Å². The standard InChI is InChI=1S/C17H18F2N2OS/c1-11-6-3-4-9-15(11)22-10-12(2)20-17(23)21-16-13(18)7-5-8-14(16)19/h3-9,12H,10H2,1-2H3,(H2,20,21,23)/t12-/m1/s1. The van der Waals surface area contributed by atoms with Crippen molar-refractivity contribution in [1.29, 1.82) is 0 Å². The van der Waals surface area contributed by atoms with E-state index in [1.54, 1.807) is 0 Å². The highest BCUT2D eigenvalue weighted by Gasteiger charge is 2.11. The van der Waals surface area contributed by atoms with Crippen LogP contribution in [0, 0.1) is 18.6 Å². The molecule has 2 N–H and O–H groups in total. The molecule has 2 aromatic carbocycles. The van der Waals surface area contributed by atoms with Crippen LogP contribution in [0.4, 0.5) is 14.5 Å². The summed E-state index contributed by atoms with van der Waals surface area (Å²) in [5.41, 5.74) is 0.769. The molecule has 3 nitrogen and oxygen atoms in total. The van der Waals surface area contributed by atoms with Crippen LogP contribution in [0.5, 0.6) is 5.75 Å². The lowest BCUT2D eigenvalue weighted by Gasteiger charge is -2.18. The van der Waals surface area contributed by atoms with Gasteiger partial charge in [0.2, 0.25) is 0 Å². The average molecular weight is 336 g/mol. The van der Waals surface area contributed by atoms with E-state index >= 15 is 0 Å². The molecular formula is C17H18F2N2OS. The second kappa shape index (κ2) is 7.87. The molecule has 0 saturated carbocycles. The lowest BCUT2D eigenvalue weighted by atomic mass is 10.2. The molecule has 0 radical (unpaired) electrons. The first kappa shape index (κ1) is 17.1. The van der Waals surface area contributed by atoms with Crippen molar-refractivity contribution in [3.63, 3.8) is 0 Å². The maximum Gasteiger partial charge on any atom is 0.171 e. The zero-order chi connectivity index (χ0) is 16.8. The van der Waals surface area contributed by atoms with E-state index in [-0.39, 0.29) is 16.8 Å². The Labute approximate surface area is 139 Å². The van der Waals surface area contributed by atoms with Crippen molar-refractivity contribution in [2.24, 2.45) is 0 Å². The predicted molar refractivity (Wildman–Crippen MR) is 91.9 cm³/mol. The molecule has 0 aliphatic carbocycles. The van der Waals surface area contributed by atoms with Gasteiger partial charge in [0.15, 0.2) is 5.11 Å². The Balaban J connectivity index is 1.86. The molecule has 0 fully saturated rings. The molecular weight excluding hydrogens is 318 g/mol. The van der Waals surface area contributed by atoms with Crippen LogP contribution in [-0.4, -0.2) is 17.8 Å². The maximum absolute atomic E-state index is 13.5. The monoisotopic (exact) mass is 336 g/mol. The van der Waals surface area contributed by atoms with E-state index in [0.29, 0.717) is 6.61 Å². The lowest BCUT2D eigenvalue weighted by Crippen LogP contribution is -2.39. The van der Waals surface area contributed by atoms with Crippen molar-refractivity contribution in [3.8, 4) is 5.75 Å². The van der Waals surface area contributed by atoms with Crippen molar-refractivity contribution in [1.82, 2.24) is 5.32 Å². The van der Waals surface area contributed by atoms with Crippen LogP contribution in [0.1, 0.15) is 12.5 Å². The Morgan fingerprint density at radius 3 is 2.43 bits per heavy atom. The van der Waals surface area contributed by atoms with E-state index in [1.807, 2.05) is 38.1 Å². The van der Waals surface area contributed by atoms with E-state index in [2.05, 4.69) is 10.6 Å². The maximum atomic E-state index is 13.5. The number of hydrogen-bond donors (Lipinski definition) is 2. The molecule has 23 heavy (non-hydrogen) atoms. The summed E-state index contributed by atoms with van der Waals surface area (Å²) < 4.78 is 32.8. The topological polar surface area (TPSA) is 33.3 Å². The second-order valence-electron chi connectivity index (χ2n) is 5.17. The number of thiocarbonyl (C=S) groups is 1. The average Bonchev–Trinajstić information content (AvgIpc) is 2.50. The molecule has 0 heterocycles. The van der Waals surface area contributed by atoms with Gasteiger partial charge >= 0.3 is 0 Å². The summed E-state index contributed by atoms with van der Waals surface area (Å²) in [6, 6.07) is 11.2. The first-order valence-corrected chi connectivity index (χ1v) is 7.58. The van der Waals surface area contributed by atoms with E-state index in [9.17, 15) is 8.78 Å². The van der Waals surface area contributed by atoms with Crippen molar-refractivity contribution >= 4 is 23.0 Å². The molecule has 6 heteroatoms. The van der Waals surface area contributed by atoms with Gasteiger partial charge in [0.05, 0.1) is 6.04 Å². The summed E-state index contributed by atoms with van der Waals surface area (Å²) in [5, 5.41) is 5.60. The minimum absolute atomic E-state index is 0.134. The quantitative estimate of drug-likeness (QED) is 0.808. The number of halogens is 2. The zero-order valence-electron chi connectivity index (χ0n) is 12.9. The molecule has 0 unspecified atom stereocenters. The summed E-state index contributed by atoms with van der Waals surface area (Å²) in [6.45, 7) is 4.19. The number of para-hydroxylation sites is 2.